The molecule has 0 radical (unpaired) electrons. The van der Waals surface area contributed by atoms with Gasteiger partial charge >= 0.3 is 0 Å². The van der Waals surface area contributed by atoms with E-state index >= 15 is 0 Å². The Balaban J connectivity index is 2.86. The standard InChI is InChI=1S/C8H7Cl2N/c9-5-1-4-8-7(10)3-2-6-11-8/h1-4,6H,5H2. The Morgan fingerprint density at radius 2 is 2.36 bits per heavy atom. The fourth-order valence-corrected chi connectivity index (χ4v) is 0.950. The van der Waals surface area contributed by atoms with Gasteiger partial charge in [0.2, 0.25) is 0 Å². The molecular weight excluding hydrogens is 181 g/mol. The summed E-state index contributed by atoms with van der Waals surface area (Å²) in [7, 11) is 0. The molecule has 0 aliphatic rings. The molecule has 1 rings (SSSR count). The largest absolute Gasteiger partial charge is 0.255 e. The highest BCUT2D eigenvalue weighted by molar-refractivity contribution is 6.31. The van der Waals surface area contributed by atoms with Gasteiger partial charge in [-0.3, -0.25) is 4.98 Å². The number of halogens is 2. The summed E-state index contributed by atoms with van der Waals surface area (Å²) in [5.41, 5.74) is 0.759. The Kier molecular flexibility index (Phi) is 3.40. The van der Waals surface area contributed by atoms with E-state index < -0.39 is 0 Å². The molecule has 1 heterocycles. The predicted molar refractivity (Wildman–Crippen MR) is 49.0 cm³/mol. The van der Waals surface area contributed by atoms with Crippen LogP contribution >= 0.6 is 23.2 Å². The second-order valence-electron chi connectivity index (χ2n) is 1.93. The van der Waals surface area contributed by atoms with Crippen molar-refractivity contribution in [3.63, 3.8) is 0 Å². The van der Waals surface area contributed by atoms with Gasteiger partial charge < -0.3 is 0 Å². The molecule has 0 aliphatic heterocycles. The Morgan fingerprint density at radius 1 is 1.55 bits per heavy atom. The van der Waals surface area contributed by atoms with Gasteiger partial charge in [-0.15, -0.1) is 11.6 Å². The third-order valence-corrected chi connectivity index (χ3v) is 1.65. The van der Waals surface area contributed by atoms with Crippen molar-refractivity contribution in [2.45, 2.75) is 0 Å². The van der Waals surface area contributed by atoms with Crippen LogP contribution in [0, 0.1) is 0 Å². The molecule has 0 saturated heterocycles. The van der Waals surface area contributed by atoms with Crippen LogP contribution in [-0.2, 0) is 0 Å². The van der Waals surface area contributed by atoms with E-state index in [1.807, 2.05) is 0 Å². The van der Waals surface area contributed by atoms with Gasteiger partial charge in [0.1, 0.15) is 0 Å². The fourth-order valence-electron chi connectivity index (χ4n) is 0.677. The zero-order chi connectivity index (χ0) is 8.10. The van der Waals surface area contributed by atoms with Crippen LogP contribution in [0.1, 0.15) is 5.69 Å². The highest BCUT2D eigenvalue weighted by Gasteiger charge is 1.92. The summed E-state index contributed by atoms with van der Waals surface area (Å²) in [5.74, 6) is 0.479. The van der Waals surface area contributed by atoms with Gasteiger partial charge in [0.25, 0.3) is 0 Å². The lowest BCUT2D eigenvalue weighted by Crippen LogP contribution is -1.79. The van der Waals surface area contributed by atoms with Crippen molar-refractivity contribution < 1.29 is 0 Å². The maximum atomic E-state index is 5.80. The summed E-state index contributed by atoms with van der Waals surface area (Å²) in [6.45, 7) is 0. The molecule has 1 aromatic rings. The number of rotatable bonds is 2. The van der Waals surface area contributed by atoms with Crippen molar-refractivity contribution in [1.82, 2.24) is 4.98 Å². The van der Waals surface area contributed by atoms with Crippen molar-refractivity contribution in [3.8, 4) is 0 Å². The lowest BCUT2D eigenvalue weighted by molar-refractivity contribution is 1.29. The first-order valence-corrected chi connectivity index (χ1v) is 4.09. The van der Waals surface area contributed by atoms with Gasteiger partial charge in [0.15, 0.2) is 0 Å². The molecule has 1 nitrogen and oxygen atoms in total. The molecule has 0 aliphatic carbocycles. The molecule has 58 valence electrons. The third kappa shape index (κ3) is 2.52. The molecule has 0 aromatic carbocycles. The smallest absolute Gasteiger partial charge is 0.0813 e. The number of nitrogens with zero attached hydrogens (tertiary/aromatic N) is 1. The Hall–Kier alpha value is -0.530. The molecule has 0 unspecified atom stereocenters. The zero-order valence-electron chi connectivity index (χ0n) is 5.80. The molecule has 0 spiro atoms. The van der Waals surface area contributed by atoms with Crippen molar-refractivity contribution in [1.29, 1.82) is 0 Å². The van der Waals surface area contributed by atoms with E-state index in [9.17, 15) is 0 Å². The van der Waals surface area contributed by atoms with E-state index in [4.69, 9.17) is 23.2 Å². The summed E-state index contributed by atoms with van der Waals surface area (Å²) in [6.07, 6.45) is 5.30. The van der Waals surface area contributed by atoms with Crippen LogP contribution in [0.15, 0.2) is 24.4 Å². The van der Waals surface area contributed by atoms with Crippen LogP contribution in [0.2, 0.25) is 5.02 Å². The van der Waals surface area contributed by atoms with Crippen molar-refractivity contribution >= 4 is 29.3 Å². The first-order valence-electron chi connectivity index (χ1n) is 3.17. The Labute approximate surface area is 75.7 Å². The van der Waals surface area contributed by atoms with Crippen molar-refractivity contribution in [2.75, 3.05) is 5.88 Å². The minimum Gasteiger partial charge on any atom is -0.255 e. The van der Waals surface area contributed by atoms with Crippen LogP contribution in [0.3, 0.4) is 0 Å². The quantitative estimate of drug-likeness (QED) is 0.650. The zero-order valence-corrected chi connectivity index (χ0v) is 7.31. The second-order valence-corrected chi connectivity index (χ2v) is 2.64. The van der Waals surface area contributed by atoms with Crippen molar-refractivity contribution in [3.05, 3.63) is 35.1 Å². The van der Waals surface area contributed by atoms with E-state index in [-0.39, 0.29) is 0 Å². The van der Waals surface area contributed by atoms with E-state index in [1.165, 1.54) is 0 Å². The SMILES string of the molecule is ClCC=Cc1ncccc1Cl. The fraction of sp³-hybridized carbons (Fsp3) is 0.125. The van der Waals surface area contributed by atoms with Gasteiger partial charge in [-0.1, -0.05) is 17.7 Å². The monoisotopic (exact) mass is 187 g/mol. The molecule has 0 saturated carbocycles. The third-order valence-electron chi connectivity index (χ3n) is 1.15. The summed E-state index contributed by atoms with van der Waals surface area (Å²) in [4.78, 5) is 4.04. The first-order chi connectivity index (χ1) is 5.34. The van der Waals surface area contributed by atoms with Gasteiger partial charge in [-0.05, 0) is 18.2 Å². The summed E-state index contributed by atoms with van der Waals surface area (Å²) >= 11 is 11.2. The molecule has 0 N–H and O–H groups in total. The normalized spacial score (nSPS) is 10.7. The van der Waals surface area contributed by atoms with E-state index in [0.717, 1.165) is 5.69 Å². The summed E-state index contributed by atoms with van der Waals surface area (Å²) in [6, 6.07) is 3.59. The van der Waals surface area contributed by atoms with Gasteiger partial charge in [0, 0.05) is 12.1 Å². The topological polar surface area (TPSA) is 12.9 Å². The number of aromatic nitrogens is 1. The molecular formula is C8H7Cl2N. The molecule has 3 heteroatoms. The number of pyridine rings is 1. The molecule has 1 aromatic heterocycles. The minimum atomic E-state index is 0.479. The molecule has 0 bridgehead atoms. The number of hydrogen-bond acceptors (Lipinski definition) is 1. The van der Waals surface area contributed by atoms with Gasteiger partial charge in [0.05, 0.1) is 10.7 Å². The average Bonchev–Trinajstić information content (AvgIpc) is 2.03. The molecule has 0 atom stereocenters. The van der Waals surface area contributed by atoms with E-state index in [2.05, 4.69) is 4.98 Å². The van der Waals surface area contributed by atoms with Crippen LogP contribution < -0.4 is 0 Å². The van der Waals surface area contributed by atoms with Crippen LogP contribution in [0.25, 0.3) is 6.08 Å². The lowest BCUT2D eigenvalue weighted by Gasteiger charge is -1.93. The summed E-state index contributed by atoms with van der Waals surface area (Å²) < 4.78 is 0. The van der Waals surface area contributed by atoms with Crippen LogP contribution in [0.5, 0.6) is 0 Å². The Morgan fingerprint density at radius 3 is 3.00 bits per heavy atom. The number of alkyl halides is 1. The highest BCUT2D eigenvalue weighted by atomic mass is 35.5. The van der Waals surface area contributed by atoms with E-state index in [0.29, 0.717) is 10.9 Å². The lowest BCUT2D eigenvalue weighted by atomic mass is 10.3. The minimum absolute atomic E-state index is 0.479. The maximum absolute atomic E-state index is 5.80. The summed E-state index contributed by atoms with van der Waals surface area (Å²) in [5, 5.41) is 0.647. The molecule has 11 heavy (non-hydrogen) atoms. The predicted octanol–water partition coefficient (Wildman–Crippen LogP) is 2.99. The second kappa shape index (κ2) is 4.37. The molecule has 0 fully saturated rings. The Bertz CT molecular complexity index is 258. The number of allylic oxidation sites excluding steroid dienone is 1. The first kappa shape index (κ1) is 8.57. The van der Waals surface area contributed by atoms with Gasteiger partial charge in [-0.25, -0.2) is 0 Å². The van der Waals surface area contributed by atoms with E-state index in [1.54, 1.807) is 30.5 Å². The van der Waals surface area contributed by atoms with Crippen molar-refractivity contribution in [2.24, 2.45) is 0 Å². The van der Waals surface area contributed by atoms with Crippen LogP contribution in [-0.4, -0.2) is 10.9 Å². The maximum Gasteiger partial charge on any atom is 0.0813 e. The van der Waals surface area contributed by atoms with Gasteiger partial charge in [-0.2, -0.15) is 0 Å². The number of hydrogen-bond donors (Lipinski definition) is 0. The van der Waals surface area contributed by atoms with Crippen LogP contribution in [0.4, 0.5) is 0 Å². The molecule has 0 amide bonds. The average molecular weight is 188 g/mol. The highest BCUT2D eigenvalue weighted by Crippen LogP contribution is 2.13.